The highest BCUT2D eigenvalue weighted by molar-refractivity contribution is 7.61. The van der Waals surface area contributed by atoms with Gasteiger partial charge in [0.05, 0.1) is 0 Å². The third kappa shape index (κ3) is 5.69. The fourth-order valence-corrected chi connectivity index (χ4v) is 4.68. The Balaban J connectivity index is 0.000000166. The Kier molecular flexibility index (Phi) is 7.46. The van der Waals surface area contributed by atoms with Crippen LogP contribution >= 0.6 is 7.80 Å². The Morgan fingerprint density at radius 2 is 1.10 bits per heavy atom. The number of aliphatic hydroxyl groups is 1. The van der Waals surface area contributed by atoms with Gasteiger partial charge in [-0.05, 0) is 37.1 Å². The molecule has 3 aromatic rings. The molecule has 0 aliphatic heterocycles. The van der Waals surface area contributed by atoms with Crippen LogP contribution in [0.5, 0.6) is 0 Å². The molecule has 4 heteroatoms. The van der Waals surface area contributed by atoms with E-state index in [1.807, 2.05) is 78.9 Å². The van der Waals surface area contributed by atoms with Crippen LogP contribution in [0.1, 0.15) is 42.5 Å². The summed E-state index contributed by atoms with van der Waals surface area (Å²) in [6.45, 7) is 0. The van der Waals surface area contributed by atoms with Crippen LogP contribution in [0.2, 0.25) is 0 Å². The van der Waals surface area contributed by atoms with Gasteiger partial charge in [0.1, 0.15) is 5.60 Å². The maximum atomic E-state index is 12.1. The van der Waals surface area contributed by atoms with Crippen LogP contribution in [-0.2, 0) is 4.57 Å². The molecule has 1 aliphatic carbocycles. The average molecular weight is 405 g/mol. The van der Waals surface area contributed by atoms with Crippen LogP contribution in [0.15, 0.2) is 91.0 Å². The van der Waals surface area contributed by atoms with Crippen LogP contribution in [-0.4, -0.2) is 16.5 Å². The zero-order chi connectivity index (χ0) is 20.5. The molecule has 0 spiro atoms. The van der Waals surface area contributed by atoms with Crippen molar-refractivity contribution in [3.63, 3.8) is 0 Å². The Morgan fingerprint density at radius 3 is 1.55 bits per heavy atom. The standard InChI is InChI=1S/C13H16O2.C12H10OP/c14-12(11-7-3-1-4-8-11)13(15)9-5-2-6-10-13;13-14(11-7-3-1-4-8-11)12-9-5-2-6-10-12/h1,3-4,7-8,15H,2,5-6,9-10H2;1-10H/q;+1. The first-order chi connectivity index (χ1) is 14.1. The second-order valence-electron chi connectivity index (χ2n) is 7.25. The molecule has 0 aromatic heterocycles. The normalized spacial score (nSPS) is 14.9. The molecular weight excluding hydrogens is 379 g/mol. The van der Waals surface area contributed by atoms with Crippen molar-refractivity contribution in [2.75, 3.05) is 0 Å². The van der Waals surface area contributed by atoms with Gasteiger partial charge in [-0.2, -0.15) is 0 Å². The lowest BCUT2D eigenvalue weighted by molar-refractivity contribution is 0.0116. The molecular formula is C25H26O3P+. The summed E-state index contributed by atoms with van der Waals surface area (Å²) in [5.41, 5.74) is -0.471. The van der Waals surface area contributed by atoms with E-state index in [4.69, 9.17) is 0 Å². The van der Waals surface area contributed by atoms with Crippen molar-refractivity contribution in [2.45, 2.75) is 37.7 Å². The summed E-state index contributed by atoms with van der Waals surface area (Å²) in [6.07, 6.45) is 4.26. The van der Waals surface area contributed by atoms with E-state index in [1.54, 1.807) is 12.1 Å². The van der Waals surface area contributed by atoms with Gasteiger partial charge in [-0.25, -0.2) is 0 Å². The number of ketones is 1. The van der Waals surface area contributed by atoms with Crippen molar-refractivity contribution in [1.29, 1.82) is 0 Å². The molecule has 0 unspecified atom stereocenters. The molecule has 3 nitrogen and oxygen atoms in total. The van der Waals surface area contributed by atoms with E-state index in [1.165, 1.54) is 0 Å². The van der Waals surface area contributed by atoms with Crippen molar-refractivity contribution < 1.29 is 14.5 Å². The van der Waals surface area contributed by atoms with Gasteiger partial charge in [0.2, 0.25) is 0 Å². The molecule has 0 saturated heterocycles. The highest BCUT2D eigenvalue weighted by atomic mass is 31.1. The molecule has 1 saturated carbocycles. The van der Waals surface area contributed by atoms with Gasteiger partial charge in [0, 0.05) is 5.56 Å². The third-order valence-electron chi connectivity index (χ3n) is 5.12. The van der Waals surface area contributed by atoms with Gasteiger partial charge in [0.15, 0.2) is 16.4 Å². The minimum Gasteiger partial charge on any atom is -0.382 e. The van der Waals surface area contributed by atoms with Crippen LogP contribution in [0.3, 0.4) is 0 Å². The summed E-state index contributed by atoms with van der Waals surface area (Å²) < 4.78 is 12.0. The molecule has 0 bridgehead atoms. The van der Waals surface area contributed by atoms with E-state index in [0.717, 1.165) is 29.9 Å². The highest BCUT2D eigenvalue weighted by Gasteiger charge is 2.37. The van der Waals surface area contributed by atoms with Gasteiger partial charge in [0.25, 0.3) is 0 Å². The first-order valence-corrected chi connectivity index (χ1v) is 11.3. The second kappa shape index (κ2) is 10.2. The van der Waals surface area contributed by atoms with Crippen molar-refractivity contribution in [1.82, 2.24) is 0 Å². The van der Waals surface area contributed by atoms with E-state index in [9.17, 15) is 14.5 Å². The molecule has 1 N–H and O–H groups in total. The lowest BCUT2D eigenvalue weighted by atomic mass is 9.79. The Bertz CT molecular complexity index is 877. The summed E-state index contributed by atoms with van der Waals surface area (Å²) in [7, 11) is -1.42. The van der Waals surface area contributed by atoms with Crippen molar-refractivity contribution in [2.24, 2.45) is 0 Å². The van der Waals surface area contributed by atoms with Crippen molar-refractivity contribution in [3.8, 4) is 0 Å². The summed E-state index contributed by atoms with van der Waals surface area (Å²) in [5, 5.41) is 12.0. The second-order valence-corrected chi connectivity index (χ2v) is 8.87. The van der Waals surface area contributed by atoms with Gasteiger partial charge in [-0.1, -0.05) is 90.6 Å². The minimum atomic E-state index is -1.42. The molecule has 0 atom stereocenters. The molecule has 0 heterocycles. The van der Waals surface area contributed by atoms with Gasteiger partial charge in [-0.3, -0.25) is 4.79 Å². The number of rotatable bonds is 4. The Morgan fingerprint density at radius 1 is 0.690 bits per heavy atom. The fourth-order valence-electron chi connectivity index (χ4n) is 3.50. The average Bonchev–Trinajstić information content (AvgIpc) is 2.81. The van der Waals surface area contributed by atoms with E-state index >= 15 is 0 Å². The van der Waals surface area contributed by atoms with Gasteiger partial charge >= 0.3 is 7.80 Å². The molecule has 4 rings (SSSR count). The number of hydrogen-bond acceptors (Lipinski definition) is 3. The number of Topliss-reactive ketones (excluding diaryl/α,β-unsaturated/α-hetero) is 1. The Hall–Kier alpha value is -2.61. The van der Waals surface area contributed by atoms with Crippen molar-refractivity contribution in [3.05, 3.63) is 96.6 Å². The van der Waals surface area contributed by atoms with E-state index in [0.29, 0.717) is 18.4 Å². The molecule has 0 amide bonds. The predicted octanol–water partition coefficient (Wildman–Crippen LogP) is 5.03. The van der Waals surface area contributed by atoms with E-state index < -0.39 is 13.4 Å². The fraction of sp³-hybridized carbons (Fsp3) is 0.240. The predicted molar refractivity (Wildman–Crippen MR) is 119 cm³/mol. The zero-order valence-electron chi connectivity index (χ0n) is 16.4. The third-order valence-corrected chi connectivity index (χ3v) is 6.66. The van der Waals surface area contributed by atoms with Crippen LogP contribution in [0.25, 0.3) is 0 Å². The summed E-state index contributed by atoms with van der Waals surface area (Å²) in [5.74, 6) is -0.109. The summed E-state index contributed by atoms with van der Waals surface area (Å²) in [4.78, 5) is 12.1. The number of carbonyl (C=O) groups is 1. The lowest BCUT2D eigenvalue weighted by Crippen LogP contribution is -2.40. The SMILES string of the molecule is O=C(c1ccccc1)C1(O)CCCCC1.O=[P+](c1ccccc1)c1ccccc1. The molecule has 1 fully saturated rings. The smallest absolute Gasteiger partial charge is 0.382 e. The number of hydrogen-bond donors (Lipinski definition) is 1. The van der Waals surface area contributed by atoms with Crippen LogP contribution < -0.4 is 10.6 Å². The van der Waals surface area contributed by atoms with Crippen molar-refractivity contribution >= 4 is 24.2 Å². The highest BCUT2D eigenvalue weighted by Crippen LogP contribution is 2.31. The first kappa shape index (κ1) is 21.1. The van der Waals surface area contributed by atoms with Crippen LogP contribution in [0, 0.1) is 0 Å². The zero-order valence-corrected chi connectivity index (χ0v) is 17.3. The summed E-state index contributed by atoms with van der Waals surface area (Å²) >= 11 is 0. The quantitative estimate of drug-likeness (QED) is 0.489. The van der Waals surface area contributed by atoms with E-state index in [-0.39, 0.29) is 5.78 Å². The van der Waals surface area contributed by atoms with Gasteiger partial charge in [-0.15, -0.1) is 0 Å². The monoisotopic (exact) mass is 405 g/mol. The maximum absolute atomic E-state index is 12.1. The molecule has 0 radical (unpaired) electrons. The molecule has 1 aliphatic rings. The number of benzene rings is 3. The Labute approximate surface area is 173 Å². The molecule has 148 valence electrons. The van der Waals surface area contributed by atoms with Gasteiger partial charge < -0.3 is 5.11 Å². The number of carbonyl (C=O) groups excluding carboxylic acids is 1. The molecule has 29 heavy (non-hydrogen) atoms. The summed E-state index contributed by atoms with van der Waals surface area (Å²) in [6, 6.07) is 28.2. The maximum Gasteiger partial charge on any atom is 0.415 e. The minimum absolute atomic E-state index is 0.109. The molecule has 3 aromatic carbocycles. The topological polar surface area (TPSA) is 54.4 Å². The van der Waals surface area contributed by atoms with E-state index in [2.05, 4.69) is 0 Å². The first-order valence-electron chi connectivity index (χ1n) is 10.00. The lowest BCUT2D eigenvalue weighted by Gasteiger charge is -2.30. The van der Waals surface area contributed by atoms with Crippen LogP contribution in [0.4, 0.5) is 0 Å². The largest absolute Gasteiger partial charge is 0.415 e.